The van der Waals surface area contributed by atoms with Gasteiger partial charge in [0.25, 0.3) is 0 Å². The molecule has 1 fully saturated rings. The van der Waals surface area contributed by atoms with Gasteiger partial charge in [0.1, 0.15) is 5.75 Å². The van der Waals surface area contributed by atoms with Crippen molar-refractivity contribution in [3.05, 3.63) is 23.8 Å². The minimum Gasteiger partial charge on any atom is -0.491 e. The lowest BCUT2D eigenvalue weighted by atomic mass is 9.84. The molecule has 1 aliphatic rings. The highest BCUT2D eigenvalue weighted by Crippen LogP contribution is 2.38. The maximum Gasteiger partial charge on any atom is 0.231 e. The van der Waals surface area contributed by atoms with Crippen LogP contribution in [0.4, 0.5) is 5.69 Å². The summed E-state index contributed by atoms with van der Waals surface area (Å²) < 4.78 is 5.66. The minimum absolute atomic E-state index is 0.0214. The fourth-order valence-electron chi connectivity index (χ4n) is 2.86. The number of hydrogen-bond donors (Lipinski definition) is 2. The largest absolute Gasteiger partial charge is 0.491 e. The van der Waals surface area contributed by atoms with Gasteiger partial charge >= 0.3 is 0 Å². The quantitative estimate of drug-likeness (QED) is 0.894. The molecule has 1 amide bonds. The van der Waals surface area contributed by atoms with Crippen LogP contribution in [0.1, 0.15) is 45.6 Å². The molecule has 4 nitrogen and oxygen atoms in total. The van der Waals surface area contributed by atoms with E-state index < -0.39 is 5.41 Å². The zero-order valence-electron chi connectivity index (χ0n) is 13.4. The van der Waals surface area contributed by atoms with Crippen LogP contribution in [0.3, 0.4) is 0 Å². The molecule has 2 unspecified atom stereocenters. The van der Waals surface area contributed by atoms with Gasteiger partial charge in [-0.3, -0.25) is 4.79 Å². The van der Waals surface area contributed by atoms with Crippen LogP contribution in [0, 0.1) is 12.3 Å². The van der Waals surface area contributed by atoms with Crippen molar-refractivity contribution in [3.63, 3.8) is 0 Å². The van der Waals surface area contributed by atoms with Crippen molar-refractivity contribution in [2.24, 2.45) is 11.1 Å². The van der Waals surface area contributed by atoms with Gasteiger partial charge in [0.05, 0.1) is 11.5 Å². The smallest absolute Gasteiger partial charge is 0.231 e. The van der Waals surface area contributed by atoms with E-state index in [1.807, 2.05) is 45.9 Å². The van der Waals surface area contributed by atoms with E-state index >= 15 is 0 Å². The molecular weight excluding hydrogens is 264 g/mol. The van der Waals surface area contributed by atoms with Crippen molar-refractivity contribution in [1.82, 2.24) is 0 Å². The zero-order chi connectivity index (χ0) is 15.6. The maximum atomic E-state index is 12.5. The summed E-state index contributed by atoms with van der Waals surface area (Å²) >= 11 is 0. The number of aryl methyl sites for hydroxylation is 1. The predicted molar refractivity (Wildman–Crippen MR) is 85.5 cm³/mol. The summed E-state index contributed by atoms with van der Waals surface area (Å²) in [5.74, 6) is 0.845. The molecule has 1 aromatic rings. The molecule has 1 aromatic carbocycles. The van der Waals surface area contributed by atoms with Gasteiger partial charge in [-0.15, -0.1) is 0 Å². The van der Waals surface area contributed by atoms with Crippen molar-refractivity contribution < 1.29 is 9.53 Å². The van der Waals surface area contributed by atoms with Gasteiger partial charge < -0.3 is 15.8 Å². The third-order valence-electron chi connectivity index (χ3n) is 4.37. The Hall–Kier alpha value is -1.55. The van der Waals surface area contributed by atoms with E-state index in [1.165, 1.54) is 0 Å². The van der Waals surface area contributed by atoms with Gasteiger partial charge in [0, 0.05) is 11.7 Å². The number of hydrogen-bond acceptors (Lipinski definition) is 3. The highest BCUT2D eigenvalue weighted by atomic mass is 16.5. The van der Waals surface area contributed by atoms with Crippen LogP contribution in [-0.2, 0) is 4.79 Å². The van der Waals surface area contributed by atoms with E-state index in [0.29, 0.717) is 0 Å². The SMILES string of the molecule is Cc1cc(OC(C)C)ccc1NC(=O)C1(C)CCCC1N. The summed E-state index contributed by atoms with van der Waals surface area (Å²) in [4.78, 5) is 12.5. The molecule has 2 rings (SSSR count). The Bertz CT molecular complexity index is 528. The standard InChI is InChI=1S/C17H26N2O2/c1-11(2)21-13-7-8-14(12(3)10-13)19-16(20)17(4)9-5-6-15(17)18/h7-8,10-11,15H,5-6,9,18H2,1-4H3,(H,19,20). The number of nitrogens with one attached hydrogen (secondary N) is 1. The number of rotatable bonds is 4. The van der Waals surface area contributed by atoms with Crippen molar-refractivity contribution in [2.75, 3.05) is 5.32 Å². The molecule has 0 spiro atoms. The molecule has 3 N–H and O–H groups in total. The van der Waals surface area contributed by atoms with Crippen LogP contribution in [0.15, 0.2) is 18.2 Å². The van der Waals surface area contributed by atoms with Gasteiger partial charge in [0.15, 0.2) is 0 Å². The lowest BCUT2D eigenvalue weighted by Crippen LogP contribution is -2.44. The molecule has 1 saturated carbocycles. The molecule has 0 bridgehead atoms. The molecule has 116 valence electrons. The van der Waals surface area contributed by atoms with Crippen LogP contribution in [-0.4, -0.2) is 18.1 Å². The highest BCUT2D eigenvalue weighted by Gasteiger charge is 2.43. The summed E-state index contributed by atoms with van der Waals surface area (Å²) in [5.41, 5.74) is 7.47. The van der Waals surface area contributed by atoms with Crippen molar-refractivity contribution in [2.45, 2.75) is 59.1 Å². The molecule has 0 radical (unpaired) electrons. The molecule has 0 aromatic heterocycles. The van der Waals surface area contributed by atoms with E-state index in [-0.39, 0.29) is 18.1 Å². The van der Waals surface area contributed by atoms with Crippen LogP contribution in [0.2, 0.25) is 0 Å². The zero-order valence-corrected chi connectivity index (χ0v) is 13.4. The Kier molecular flexibility index (Phi) is 4.57. The van der Waals surface area contributed by atoms with Crippen LogP contribution < -0.4 is 15.8 Å². The molecule has 0 saturated heterocycles. The van der Waals surface area contributed by atoms with E-state index in [4.69, 9.17) is 10.5 Å². The fourth-order valence-corrected chi connectivity index (χ4v) is 2.86. The molecule has 21 heavy (non-hydrogen) atoms. The molecule has 4 heteroatoms. The first-order valence-corrected chi connectivity index (χ1v) is 7.67. The van der Waals surface area contributed by atoms with Crippen LogP contribution in [0.25, 0.3) is 0 Å². The number of benzene rings is 1. The number of amides is 1. The highest BCUT2D eigenvalue weighted by molar-refractivity contribution is 5.96. The summed E-state index contributed by atoms with van der Waals surface area (Å²) in [6.07, 6.45) is 2.93. The summed E-state index contributed by atoms with van der Waals surface area (Å²) in [6.45, 7) is 7.92. The normalized spacial score (nSPS) is 25.1. The molecular formula is C17H26N2O2. The average Bonchev–Trinajstić information content (AvgIpc) is 2.73. The molecule has 2 atom stereocenters. The Labute approximate surface area is 127 Å². The number of carbonyl (C=O) groups excluding carboxylic acids is 1. The third-order valence-corrected chi connectivity index (χ3v) is 4.37. The maximum absolute atomic E-state index is 12.5. The number of ether oxygens (including phenoxy) is 1. The second kappa shape index (κ2) is 6.06. The summed E-state index contributed by atoms with van der Waals surface area (Å²) in [6, 6.07) is 5.68. The average molecular weight is 290 g/mol. The van der Waals surface area contributed by atoms with Crippen molar-refractivity contribution >= 4 is 11.6 Å². The van der Waals surface area contributed by atoms with Crippen molar-refractivity contribution in [1.29, 1.82) is 0 Å². The summed E-state index contributed by atoms with van der Waals surface area (Å²) in [5, 5.41) is 3.03. The number of nitrogens with two attached hydrogens (primary N) is 1. The fraction of sp³-hybridized carbons (Fsp3) is 0.588. The lowest BCUT2D eigenvalue weighted by molar-refractivity contribution is -0.125. The van der Waals surface area contributed by atoms with Gasteiger partial charge in [-0.25, -0.2) is 0 Å². The lowest BCUT2D eigenvalue weighted by Gasteiger charge is -2.28. The van der Waals surface area contributed by atoms with Crippen molar-refractivity contribution in [3.8, 4) is 5.75 Å². The third kappa shape index (κ3) is 3.38. The number of carbonyl (C=O) groups is 1. The number of anilines is 1. The Morgan fingerprint density at radius 3 is 2.71 bits per heavy atom. The van der Waals surface area contributed by atoms with E-state index in [0.717, 1.165) is 36.3 Å². The Morgan fingerprint density at radius 2 is 2.19 bits per heavy atom. The van der Waals surface area contributed by atoms with Gasteiger partial charge in [-0.2, -0.15) is 0 Å². The van der Waals surface area contributed by atoms with E-state index in [1.54, 1.807) is 0 Å². The monoisotopic (exact) mass is 290 g/mol. The first-order valence-electron chi connectivity index (χ1n) is 7.67. The van der Waals surface area contributed by atoms with Crippen LogP contribution in [0.5, 0.6) is 5.75 Å². The van der Waals surface area contributed by atoms with E-state index in [9.17, 15) is 4.79 Å². The first-order chi connectivity index (χ1) is 9.83. The molecule has 0 heterocycles. The second-order valence-electron chi connectivity index (χ2n) is 6.51. The van der Waals surface area contributed by atoms with E-state index in [2.05, 4.69) is 5.32 Å². The second-order valence-corrected chi connectivity index (χ2v) is 6.51. The van der Waals surface area contributed by atoms with Crippen LogP contribution >= 0.6 is 0 Å². The topological polar surface area (TPSA) is 64.3 Å². The Balaban J connectivity index is 2.11. The summed E-state index contributed by atoms with van der Waals surface area (Å²) in [7, 11) is 0. The first kappa shape index (κ1) is 15.8. The van der Waals surface area contributed by atoms with Gasteiger partial charge in [-0.1, -0.05) is 6.42 Å². The minimum atomic E-state index is -0.459. The molecule has 0 aliphatic heterocycles. The Morgan fingerprint density at radius 1 is 1.48 bits per heavy atom. The van der Waals surface area contributed by atoms with Gasteiger partial charge in [-0.05, 0) is 64.3 Å². The predicted octanol–water partition coefficient (Wildman–Crippen LogP) is 3.24. The van der Waals surface area contributed by atoms with Gasteiger partial charge in [0.2, 0.25) is 5.91 Å². The molecule has 1 aliphatic carbocycles.